The van der Waals surface area contributed by atoms with E-state index in [4.69, 9.17) is 11.6 Å². The molecule has 1 aliphatic carbocycles. The molecule has 19 heavy (non-hydrogen) atoms. The molecule has 0 radical (unpaired) electrons. The van der Waals surface area contributed by atoms with Crippen molar-refractivity contribution in [1.29, 1.82) is 0 Å². The van der Waals surface area contributed by atoms with E-state index >= 15 is 0 Å². The van der Waals surface area contributed by atoms with Gasteiger partial charge in [-0.2, -0.15) is 0 Å². The van der Waals surface area contributed by atoms with Crippen molar-refractivity contribution in [3.63, 3.8) is 0 Å². The van der Waals surface area contributed by atoms with Crippen molar-refractivity contribution in [2.75, 3.05) is 37.6 Å². The lowest BCUT2D eigenvalue weighted by Crippen LogP contribution is -2.47. The second-order valence-corrected chi connectivity index (χ2v) is 5.99. The first-order valence-corrected chi connectivity index (χ1v) is 7.36. The lowest BCUT2D eigenvalue weighted by molar-refractivity contribution is 0.112. The van der Waals surface area contributed by atoms with Crippen LogP contribution < -0.4 is 4.90 Å². The molecule has 2 fully saturated rings. The van der Waals surface area contributed by atoms with Gasteiger partial charge in [-0.3, -0.25) is 9.69 Å². The Morgan fingerprint density at radius 2 is 1.95 bits per heavy atom. The maximum absolute atomic E-state index is 11.1. The van der Waals surface area contributed by atoms with Crippen LogP contribution in [0.1, 0.15) is 23.2 Å². The quantitative estimate of drug-likeness (QED) is 0.791. The van der Waals surface area contributed by atoms with E-state index in [9.17, 15) is 4.79 Å². The molecule has 0 bridgehead atoms. The third kappa shape index (κ3) is 3.10. The van der Waals surface area contributed by atoms with Gasteiger partial charge >= 0.3 is 0 Å². The van der Waals surface area contributed by atoms with Crippen LogP contribution in [0.4, 0.5) is 5.69 Å². The molecular weight excluding hydrogens is 260 g/mol. The molecule has 0 amide bonds. The van der Waals surface area contributed by atoms with Gasteiger partial charge in [-0.05, 0) is 37.0 Å². The normalized spacial score (nSPS) is 20.6. The van der Waals surface area contributed by atoms with Crippen molar-refractivity contribution in [1.82, 2.24) is 4.90 Å². The Kier molecular flexibility index (Phi) is 3.76. The molecule has 0 spiro atoms. The number of anilines is 1. The summed E-state index contributed by atoms with van der Waals surface area (Å²) in [5, 5.41) is 0.695. The summed E-state index contributed by atoms with van der Waals surface area (Å²) in [5.74, 6) is 0.947. The molecular formula is C15H19ClN2O. The fourth-order valence-corrected chi connectivity index (χ4v) is 2.89. The zero-order chi connectivity index (χ0) is 13.2. The Labute approximate surface area is 119 Å². The number of hydrogen-bond donors (Lipinski definition) is 0. The van der Waals surface area contributed by atoms with E-state index in [2.05, 4.69) is 9.80 Å². The Morgan fingerprint density at radius 3 is 2.58 bits per heavy atom. The molecule has 102 valence electrons. The molecule has 0 N–H and O–H groups in total. The van der Waals surface area contributed by atoms with E-state index in [0.29, 0.717) is 5.02 Å². The summed E-state index contributed by atoms with van der Waals surface area (Å²) < 4.78 is 0. The van der Waals surface area contributed by atoms with E-state index < -0.39 is 0 Å². The molecule has 1 aromatic rings. The Bertz CT molecular complexity index is 465. The van der Waals surface area contributed by atoms with Crippen LogP contribution in [0.3, 0.4) is 0 Å². The van der Waals surface area contributed by atoms with Gasteiger partial charge in [0.2, 0.25) is 0 Å². The number of nitrogens with zero attached hydrogens (tertiary/aromatic N) is 2. The number of aldehydes is 1. The largest absolute Gasteiger partial charge is 0.368 e. The van der Waals surface area contributed by atoms with Crippen LogP contribution in [0.15, 0.2) is 18.2 Å². The van der Waals surface area contributed by atoms with E-state index in [1.165, 1.54) is 19.4 Å². The summed E-state index contributed by atoms with van der Waals surface area (Å²) in [6, 6.07) is 5.49. The summed E-state index contributed by atoms with van der Waals surface area (Å²) in [6.45, 7) is 5.38. The first kappa shape index (κ1) is 12.9. The fraction of sp³-hybridized carbons (Fsp3) is 0.533. The number of carbonyl (C=O) groups excluding carboxylic acids is 1. The number of hydrogen-bond acceptors (Lipinski definition) is 3. The number of rotatable bonds is 4. The van der Waals surface area contributed by atoms with E-state index in [0.717, 1.165) is 49.6 Å². The van der Waals surface area contributed by atoms with Crippen LogP contribution in [0, 0.1) is 5.92 Å². The minimum atomic E-state index is 0.695. The highest BCUT2D eigenvalue weighted by Crippen LogP contribution is 2.30. The lowest BCUT2D eigenvalue weighted by atomic mass is 10.1. The predicted octanol–water partition coefficient (Wildman–Crippen LogP) is 2.68. The van der Waals surface area contributed by atoms with Gasteiger partial charge in [-0.25, -0.2) is 0 Å². The molecule has 0 aromatic heterocycles. The summed E-state index contributed by atoms with van der Waals surface area (Å²) in [4.78, 5) is 15.9. The van der Waals surface area contributed by atoms with Gasteiger partial charge in [0.1, 0.15) is 0 Å². The van der Waals surface area contributed by atoms with Gasteiger partial charge in [-0.15, -0.1) is 0 Å². The van der Waals surface area contributed by atoms with Crippen LogP contribution in [-0.4, -0.2) is 43.9 Å². The standard InChI is InChI=1S/C15H19ClN2O/c16-14-4-3-13(11-19)15(9-14)18-7-5-17(6-8-18)10-12-1-2-12/h3-4,9,11-12H,1-2,5-8,10H2. The molecule has 0 unspecified atom stereocenters. The molecule has 1 saturated carbocycles. The summed E-state index contributed by atoms with van der Waals surface area (Å²) in [7, 11) is 0. The highest BCUT2D eigenvalue weighted by molar-refractivity contribution is 6.31. The highest BCUT2D eigenvalue weighted by atomic mass is 35.5. The van der Waals surface area contributed by atoms with Crippen molar-refractivity contribution in [3.8, 4) is 0 Å². The molecule has 3 nitrogen and oxygen atoms in total. The number of benzene rings is 1. The number of piperazine rings is 1. The lowest BCUT2D eigenvalue weighted by Gasteiger charge is -2.36. The minimum Gasteiger partial charge on any atom is -0.368 e. The van der Waals surface area contributed by atoms with Gasteiger partial charge in [-0.1, -0.05) is 11.6 Å². The van der Waals surface area contributed by atoms with Crippen LogP contribution >= 0.6 is 11.6 Å². The van der Waals surface area contributed by atoms with Crippen molar-refractivity contribution >= 4 is 23.6 Å². The summed E-state index contributed by atoms with van der Waals surface area (Å²) >= 11 is 6.05. The molecule has 0 atom stereocenters. The first-order valence-electron chi connectivity index (χ1n) is 6.98. The molecule has 1 saturated heterocycles. The van der Waals surface area contributed by atoms with Crippen molar-refractivity contribution in [3.05, 3.63) is 28.8 Å². The molecule has 4 heteroatoms. The second-order valence-electron chi connectivity index (χ2n) is 5.55. The Hall–Kier alpha value is -1.06. The van der Waals surface area contributed by atoms with E-state index in [1.807, 2.05) is 6.07 Å². The second kappa shape index (κ2) is 5.51. The van der Waals surface area contributed by atoms with Gasteiger partial charge in [0, 0.05) is 49.0 Å². The van der Waals surface area contributed by atoms with Gasteiger partial charge in [0.05, 0.1) is 0 Å². The van der Waals surface area contributed by atoms with Crippen LogP contribution in [0.5, 0.6) is 0 Å². The van der Waals surface area contributed by atoms with Gasteiger partial charge < -0.3 is 4.90 Å². The SMILES string of the molecule is O=Cc1ccc(Cl)cc1N1CCN(CC2CC2)CC1. The predicted molar refractivity (Wildman–Crippen MR) is 78.2 cm³/mol. The highest BCUT2D eigenvalue weighted by Gasteiger charge is 2.26. The molecule has 1 aromatic carbocycles. The monoisotopic (exact) mass is 278 g/mol. The third-order valence-corrected chi connectivity index (χ3v) is 4.28. The average molecular weight is 279 g/mol. The minimum absolute atomic E-state index is 0.695. The Morgan fingerprint density at radius 1 is 1.21 bits per heavy atom. The maximum Gasteiger partial charge on any atom is 0.152 e. The zero-order valence-corrected chi connectivity index (χ0v) is 11.8. The van der Waals surface area contributed by atoms with E-state index in [-0.39, 0.29) is 0 Å². The van der Waals surface area contributed by atoms with E-state index in [1.54, 1.807) is 12.1 Å². The number of halogens is 1. The molecule has 1 aliphatic heterocycles. The molecule has 3 rings (SSSR count). The first-order chi connectivity index (χ1) is 9.26. The van der Waals surface area contributed by atoms with Crippen molar-refractivity contribution < 1.29 is 4.79 Å². The van der Waals surface area contributed by atoms with Gasteiger partial charge in [0.25, 0.3) is 0 Å². The van der Waals surface area contributed by atoms with Crippen molar-refractivity contribution in [2.45, 2.75) is 12.8 Å². The van der Waals surface area contributed by atoms with Crippen molar-refractivity contribution in [2.24, 2.45) is 5.92 Å². The van der Waals surface area contributed by atoms with Crippen LogP contribution in [0.2, 0.25) is 5.02 Å². The van der Waals surface area contributed by atoms with Crippen LogP contribution in [-0.2, 0) is 0 Å². The summed E-state index contributed by atoms with van der Waals surface area (Å²) in [6.07, 6.45) is 3.73. The fourth-order valence-electron chi connectivity index (χ4n) is 2.73. The zero-order valence-electron chi connectivity index (χ0n) is 11.0. The maximum atomic E-state index is 11.1. The Balaban J connectivity index is 1.66. The van der Waals surface area contributed by atoms with Crippen LogP contribution in [0.25, 0.3) is 0 Å². The topological polar surface area (TPSA) is 23.6 Å². The average Bonchev–Trinajstić information content (AvgIpc) is 3.23. The molecule has 1 heterocycles. The summed E-state index contributed by atoms with van der Waals surface area (Å²) in [5.41, 5.74) is 1.72. The third-order valence-electron chi connectivity index (χ3n) is 4.05. The molecule has 2 aliphatic rings. The smallest absolute Gasteiger partial charge is 0.152 e. The number of carbonyl (C=O) groups is 1. The van der Waals surface area contributed by atoms with Gasteiger partial charge in [0.15, 0.2) is 6.29 Å².